The van der Waals surface area contributed by atoms with Crippen molar-refractivity contribution in [2.45, 2.75) is 108 Å². The maximum Gasteiger partial charge on any atom is 4.00 e. The minimum atomic E-state index is 0. The molecule has 0 saturated heterocycles. The van der Waals surface area contributed by atoms with Gasteiger partial charge in [-0.05, 0) is 40.6 Å². The molecule has 2 aromatic rings. The minimum Gasteiger partial charge on any atom is -1.00 e. The standard InChI is InChI=1S/C29H37.C10H15.C2H4.2ClH.Zr/c1-18-25-22-17-19-13-9-10-14-20(19)24(22)21-15-11-12-16-23(21)29(25,8)28(6,7)27(4,5)26(18,2)3;1-8-6-5-7-9(8)10(2,3)4;1-2;;;/h9-11,13-15,23H,12,16-17H2,1-8H3;5-7H,1-4H3;1-2H2;2*1H;/q2*-1;;;;+4/p-2. The smallest absolute Gasteiger partial charge is 1.00 e. The molecule has 0 nitrogen and oxygen atoms in total. The molecule has 0 heterocycles. The minimum absolute atomic E-state index is 0. The van der Waals surface area contributed by atoms with Crippen LogP contribution in [0, 0.1) is 40.4 Å². The van der Waals surface area contributed by atoms with Crippen LogP contribution in [0.1, 0.15) is 111 Å². The van der Waals surface area contributed by atoms with Gasteiger partial charge in [0.05, 0.1) is 0 Å². The fourth-order valence-electron chi connectivity index (χ4n) is 8.92. The first-order valence-corrected chi connectivity index (χ1v) is 15.8. The summed E-state index contributed by atoms with van der Waals surface area (Å²) in [5.74, 6) is 2.24. The fourth-order valence-corrected chi connectivity index (χ4v) is 8.92. The van der Waals surface area contributed by atoms with Crippen molar-refractivity contribution in [1.82, 2.24) is 0 Å². The second kappa shape index (κ2) is 13.9. The number of hydrogen-bond donors (Lipinski definition) is 0. The van der Waals surface area contributed by atoms with Crippen LogP contribution in [0.25, 0.3) is 5.57 Å². The van der Waals surface area contributed by atoms with E-state index in [2.05, 4.69) is 151 Å². The number of fused-ring (bicyclic) bond motifs is 6. The molecule has 2 atom stereocenters. The Morgan fingerprint density at radius 2 is 1.45 bits per heavy atom. The largest absolute Gasteiger partial charge is 4.00 e. The maximum atomic E-state index is 3.00. The van der Waals surface area contributed by atoms with Crippen molar-refractivity contribution in [3.63, 3.8) is 0 Å². The van der Waals surface area contributed by atoms with Crippen LogP contribution in [-0.2, 0) is 38.0 Å². The monoisotopic (exact) mass is 708 g/mol. The molecule has 2 unspecified atom stereocenters. The van der Waals surface area contributed by atoms with E-state index < -0.39 is 0 Å². The normalized spacial score (nSPS) is 24.7. The SMILES string of the molecule is C=C.C[C-]1C2=C3Cc4ccccc4C3=C3C=CCCC3C2(C)C(C)(C)C(C)(C)C1(C)C.Cc1ccc[c-]1C(C)(C)C.[Cl-].[Cl-].[Zr+4]. The van der Waals surface area contributed by atoms with Crippen molar-refractivity contribution >= 4 is 5.57 Å². The summed E-state index contributed by atoms with van der Waals surface area (Å²) in [6.45, 7) is 35.2. The molecule has 6 rings (SSSR count). The second-order valence-corrected chi connectivity index (χ2v) is 15.6. The Labute approximate surface area is 302 Å². The molecule has 4 aliphatic rings. The molecule has 2 aromatic carbocycles. The molecule has 0 aromatic heterocycles. The Kier molecular flexibility index (Phi) is 12.9. The van der Waals surface area contributed by atoms with E-state index in [0.717, 1.165) is 6.42 Å². The topological polar surface area (TPSA) is 0 Å². The van der Waals surface area contributed by atoms with Crippen molar-refractivity contribution in [3.8, 4) is 0 Å². The quantitative estimate of drug-likeness (QED) is 0.240. The molecule has 0 bridgehead atoms. The molecule has 1 saturated carbocycles. The Morgan fingerprint density at radius 3 is 1.98 bits per heavy atom. The van der Waals surface area contributed by atoms with E-state index in [1.165, 1.54) is 35.1 Å². The van der Waals surface area contributed by atoms with Crippen molar-refractivity contribution in [1.29, 1.82) is 0 Å². The summed E-state index contributed by atoms with van der Waals surface area (Å²) in [4.78, 5) is 0. The third-order valence-corrected chi connectivity index (χ3v) is 12.6. The Morgan fingerprint density at radius 1 is 0.864 bits per heavy atom. The summed E-state index contributed by atoms with van der Waals surface area (Å²) in [5, 5.41) is 0. The van der Waals surface area contributed by atoms with Gasteiger partial charge in [-0.25, -0.2) is 18.1 Å². The van der Waals surface area contributed by atoms with Gasteiger partial charge in [-0.2, -0.15) is 22.8 Å². The van der Waals surface area contributed by atoms with Crippen LogP contribution in [0.5, 0.6) is 0 Å². The number of benzene rings is 1. The van der Waals surface area contributed by atoms with E-state index >= 15 is 0 Å². The van der Waals surface area contributed by atoms with E-state index in [0.29, 0.717) is 11.3 Å². The first kappa shape index (κ1) is 40.9. The van der Waals surface area contributed by atoms with E-state index in [1.807, 2.05) is 0 Å². The second-order valence-electron chi connectivity index (χ2n) is 15.6. The average Bonchev–Trinajstić information content (AvgIpc) is 3.53. The molecule has 44 heavy (non-hydrogen) atoms. The Bertz CT molecular complexity index is 1400. The molecule has 0 radical (unpaired) electrons. The summed E-state index contributed by atoms with van der Waals surface area (Å²) >= 11 is 0. The molecule has 4 aliphatic carbocycles. The molecular formula is C41H56Cl2Zr. The van der Waals surface area contributed by atoms with Gasteiger partial charge < -0.3 is 24.8 Å². The van der Waals surface area contributed by atoms with Crippen molar-refractivity contribution in [2.24, 2.45) is 27.6 Å². The van der Waals surface area contributed by atoms with Gasteiger partial charge >= 0.3 is 26.2 Å². The first-order chi connectivity index (χ1) is 19.0. The summed E-state index contributed by atoms with van der Waals surface area (Å²) < 4.78 is 0. The zero-order chi connectivity index (χ0) is 30.8. The number of hydrogen-bond acceptors (Lipinski definition) is 0. The average molecular weight is 711 g/mol. The number of halogens is 2. The number of rotatable bonds is 0. The van der Waals surface area contributed by atoms with Gasteiger partial charge in [0.15, 0.2) is 0 Å². The number of allylic oxidation sites excluding steroid dienone is 6. The maximum absolute atomic E-state index is 3.00. The summed E-state index contributed by atoms with van der Waals surface area (Å²) in [6, 6.07) is 15.7. The molecule has 238 valence electrons. The summed E-state index contributed by atoms with van der Waals surface area (Å²) in [7, 11) is 0. The Balaban J connectivity index is 0.000000554. The van der Waals surface area contributed by atoms with Gasteiger partial charge in [-0.1, -0.05) is 147 Å². The van der Waals surface area contributed by atoms with Crippen LogP contribution >= 0.6 is 0 Å². The predicted molar refractivity (Wildman–Crippen MR) is 181 cm³/mol. The van der Waals surface area contributed by atoms with Crippen LogP contribution in [0.3, 0.4) is 0 Å². The van der Waals surface area contributed by atoms with Gasteiger partial charge in [0.2, 0.25) is 0 Å². The molecule has 1 fully saturated rings. The van der Waals surface area contributed by atoms with Crippen LogP contribution in [0.4, 0.5) is 0 Å². The van der Waals surface area contributed by atoms with Gasteiger partial charge in [0, 0.05) is 0 Å². The van der Waals surface area contributed by atoms with E-state index in [4.69, 9.17) is 0 Å². The molecule has 0 N–H and O–H groups in total. The fraction of sp³-hybridized carbons (Fsp3) is 0.512. The third kappa shape index (κ3) is 5.79. The van der Waals surface area contributed by atoms with Gasteiger partial charge in [0.1, 0.15) is 0 Å². The van der Waals surface area contributed by atoms with Crippen LogP contribution in [0.15, 0.2) is 84.5 Å². The zero-order valence-electron chi connectivity index (χ0n) is 29.6. The van der Waals surface area contributed by atoms with E-state index in [-0.39, 0.29) is 72.7 Å². The summed E-state index contributed by atoms with van der Waals surface area (Å²) in [5.41, 5.74) is 13.5. The van der Waals surface area contributed by atoms with E-state index in [9.17, 15) is 0 Å². The predicted octanol–water partition coefficient (Wildman–Crippen LogP) is 5.78. The summed E-state index contributed by atoms with van der Waals surface area (Å²) in [6.07, 6.45) is 8.50. The van der Waals surface area contributed by atoms with Crippen LogP contribution < -0.4 is 24.8 Å². The van der Waals surface area contributed by atoms with Crippen molar-refractivity contribution in [3.05, 3.63) is 113 Å². The molecule has 3 heteroatoms. The van der Waals surface area contributed by atoms with Crippen molar-refractivity contribution < 1.29 is 51.0 Å². The van der Waals surface area contributed by atoms with Gasteiger partial charge in [-0.3, -0.25) is 0 Å². The van der Waals surface area contributed by atoms with E-state index in [1.54, 1.807) is 28.2 Å². The third-order valence-electron chi connectivity index (χ3n) is 12.6. The molecule has 0 amide bonds. The first-order valence-electron chi connectivity index (χ1n) is 15.8. The van der Waals surface area contributed by atoms with Gasteiger partial charge in [0.25, 0.3) is 0 Å². The van der Waals surface area contributed by atoms with Crippen LogP contribution in [-0.4, -0.2) is 0 Å². The Hall–Kier alpha value is -1.14. The molecular weight excluding hydrogens is 655 g/mol. The van der Waals surface area contributed by atoms with Gasteiger partial charge in [-0.15, -0.1) is 25.6 Å². The zero-order valence-corrected chi connectivity index (χ0v) is 33.5. The van der Waals surface area contributed by atoms with Crippen molar-refractivity contribution in [2.75, 3.05) is 0 Å². The van der Waals surface area contributed by atoms with Crippen LogP contribution in [0.2, 0.25) is 0 Å². The number of aryl methyl sites for hydroxylation is 1. The molecule has 0 spiro atoms. The molecule has 0 aliphatic heterocycles.